The van der Waals surface area contributed by atoms with Gasteiger partial charge in [0.2, 0.25) is 0 Å². The molecular weight excluding hydrogens is 590 g/mol. The molecule has 0 amide bonds. The molecule has 0 aromatic heterocycles. The fourth-order valence-electron chi connectivity index (χ4n) is 2.65. The van der Waals surface area contributed by atoms with Crippen molar-refractivity contribution in [1.82, 2.24) is 0 Å². The Morgan fingerprint density at radius 2 is 0.649 bits per heavy atom. The average molecular weight is 627 g/mol. The Balaban J connectivity index is -0.000000116. The summed E-state index contributed by atoms with van der Waals surface area (Å²) >= 11 is 0. The molecule has 0 atom stereocenters. The molecule has 0 aromatic rings. The molecule has 0 rings (SSSR count). The van der Waals surface area contributed by atoms with Crippen molar-refractivity contribution in [1.29, 1.82) is 0 Å². The molecule has 14 nitrogen and oxygen atoms in total. The molecule has 216 valence electrons. The number of carbonyl (C=O) groups is 1. The zero-order valence-corrected chi connectivity index (χ0v) is 25.7. The second-order valence-electron chi connectivity index (χ2n) is 7.32. The normalized spacial score (nSPS) is 10.6. The molecule has 1 N–H and O–H groups in total. The van der Waals surface area contributed by atoms with Gasteiger partial charge < -0.3 is 32.4 Å². The van der Waals surface area contributed by atoms with Crippen LogP contribution in [0.3, 0.4) is 0 Å². The van der Waals surface area contributed by atoms with Gasteiger partial charge in [-0.15, -0.1) is 0 Å². The van der Waals surface area contributed by atoms with E-state index in [-0.39, 0.29) is 34.7 Å². The van der Waals surface area contributed by atoms with Gasteiger partial charge in [0.25, 0.3) is 0 Å². The standard InChI is InChI=1S/C18H36O2.2Al.3H2O4S/c1-2-3-4-5-6-7-8-9-10-11-12-13-14-15-16-17-18(19)20;;;3*1-5(2,3)4/h2-17H2,1H3,(H,19,20);;;3*(H2,1,2,3,4)/q;2*+3;;;/p-6. The van der Waals surface area contributed by atoms with Gasteiger partial charge in [-0.05, 0) is 6.42 Å². The monoisotopic (exact) mass is 626 g/mol. The average Bonchev–Trinajstić information content (AvgIpc) is 2.60. The van der Waals surface area contributed by atoms with Gasteiger partial charge in [-0.3, -0.25) is 30.0 Å². The predicted molar refractivity (Wildman–Crippen MR) is 130 cm³/mol. The van der Waals surface area contributed by atoms with Crippen molar-refractivity contribution >= 4 is 71.9 Å². The molecule has 0 unspecified atom stereocenters. The maximum atomic E-state index is 10.3. The minimum Gasteiger partial charge on any atom is -0.759 e. The molecule has 0 bridgehead atoms. The van der Waals surface area contributed by atoms with Crippen LogP contribution in [-0.4, -0.2) is 98.4 Å². The van der Waals surface area contributed by atoms with E-state index in [0.29, 0.717) is 6.42 Å². The third kappa shape index (κ3) is 143. The Morgan fingerprint density at radius 3 is 0.811 bits per heavy atom. The predicted octanol–water partition coefficient (Wildman–Crippen LogP) is 1.56. The molecule has 37 heavy (non-hydrogen) atoms. The molecule has 0 aliphatic carbocycles. The van der Waals surface area contributed by atoms with Gasteiger partial charge in [0.15, 0.2) is 0 Å². The number of rotatable bonds is 16. The quantitative estimate of drug-likeness (QED) is 0.110. The summed E-state index contributed by atoms with van der Waals surface area (Å²) in [6.45, 7) is 2.27. The van der Waals surface area contributed by atoms with E-state index >= 15 is 0 Å². The van der Waals surface area contributed by atoms with Crippen molar-refractivity contribution in [2.75, 3.05) is 0 Å². The first-order valence-corrected chi connectivity index (χ1v) is 15.0. The molecule has 0 saturated carbocycles. The fraction of sp³-hybridized carbons (Fsp3) is 0.944. The molecule has 0 aliphatic rings. The molecule has 0 heterocycles. The minimum atomic E-state index is -5.17. The van der Waals surface area contributed by atoms with Crippen molar-refractivity contribution in [3.05, 3.63) is 0 Å². The zero-order valence-electron chi connectivity index (χ0n) is 20.9. The molecule has 0 aliphatic heterocycles. The summed E-state index contributed by atoms with van der Waals surface area (Å²) in [5.74, 6) is -0.653. The van der Waals surface area contributed by atoms with Crippen LogP contribution in [0, 0.1) is 0 Å². The third-order valence-electron chi connectivity index (χ3n) is 3.99. The first kappa shape index (κ1) is 50.0. The molecular formula is C18H36Al2O14S3. The van der Waals surface area contributed by atoms with E-state index in [2.05, 4.69) is 6.92 Å². The Labute approximate surface area is 243 Å². The van der Waals surface area contributed by atoms with Crippen LogP contribution in [0.2, 0.25) is 0 Å². The van der Waals surface area contributed by atoms with Crippen LogP contribution in [-0.2, 0) is 36.0 Å². The number of hydrogen-bond acceptors (Lipinski definition) is 13. The van der Waals surface area contributed by atoms with Gasteiger partial charge >= 0.3 is 40.7 Å². The van der Waals surface area contributed by atoms with E-state index in [1.807, 2.05) is 0 Å². The minimum absolute atomic E-state index is 0. The van der Waals surface area contributed by atoms with Crippen molar-refractivity contribution in [3.63, 3.8) is 0 Å². The number of aliphatic carboxylic acids is 1. The van der Waals surface area contributed by atoms with Crippen molar-refractivity contribution in [3.8, 4) is 0 Å². The van der Waals surface area contributed by atoms with E-state index in [4.69, 9.17) is 57.7 Å². The van der Waals surface area contributed by atoms with E-state index in [1.54, 1.807) is 0 Å². The Hall–Kier alpha value is 0.145. The van der Waals surface area contributed by atoms with Crippen LogP contribution in [0.1, 0.15) is 110 Å². The first-order valence-electron chi connectivity index (χ1n) is 11.0. The molecule has 0 spiro atoms. The Kier molecular flexibility index (Phi) is 43.8. The molecule has 0 aromatic carbocycles. The zero-order chi connectivity index (χ0) is 28.4. The topological polar surface area (TPSA) is 278 Å². The van der Waals surface area contributed by atoms with Gasteiger partial charge in [0, 0.05) is 37.6 Å². The summed E-state index contributed by atoms with van der Waals surface area (Å²) in [7, 11) is -15.5. The summed E-state index contributed by atoms with van der Waals surface area (Å²) in [6.07, 6.45) is 20.2. The SMILES string of the molecule is CCCCCCCCCCCCCCCCCC(=O)O.O=S(=O)([O-])[O-].O=S(=O)([O-])[O-].O=S(=O)([O-])[O-].[Al+3].[Al+3]. The van der Waals surface area contributed by atoms with Crippen molar-refractivity contribution in [2.45, 2.75) is 110 Å². The van der Waals surface area contributed by atoms with Crippen molar-refractivity contribution < 1.29 is 62.5 Å². The van der Waals surface area contributed by atoms with Crippen LogP contribution in [0.15, 0.2) is 0 Å². The van der Waals surface area contributed by atoms with Crippen molar-refractivity contribution in [2.24, 2.45) is 0 Å². The van der Waals surface area contributed by atoms with Crippen LogP contribution < -0.4 is 0 Å². The fourth-order valence-corrected chi connectivity index (χ4v) is 2.65. The van der Waals surface area contributed by atoms with E-state index in [1.165, 1.54) is 83.5 Å². The maximum Gasteiger partial charge on any atom is 3.00 e. The number of unbranched alkanes of at least 4 members (excludes halogenated alkanes) is 14. The number of hydrogen-bond donors (Lipinski definition) is 1. The largest absolute Gasteiger partial charge is 3.00 e. The molecule has 0 fully saturated rings. The third-order valence-corrected chi connectivity index (χ3v) is 3.99. The second kappa shape index (κ2) is 32.4. The summed E-state index contributed by atoms with van der Waals surface area (Å²) in [5, 5.41) is 8.52. The number of carboxylic acids is 1. The van der Waals surface area contributed by atoms with Crippen LogP contribution >= 0.6 is 0 Å². The molecule has 0 saturated heterocycles. The molecule has 0 radical (unpaired) electrons. The summed E-state index contributed by atoms with van der Waals surface area (Å²) in [4.78, 5) is 10.3. The first-order chi connectivity index (χ1) is 15.8. The van der Waals surface area contributed by atoms with E-state index in [9.17, 15) is 4.79 Å². The van der Waals surface area contributed by atoms with E-state index < -0.39 is 37.2 Å². The van der Waals surface area contributed by atoms with Gasteiger partial charge in [-0.1, -0.05) is 96.8 Å². The summed E-state index contributed by atoms with van der Waals surface area (Å²) < 4.78 is 102. The van der Waals surface area contributed by atoms with Gasteiger partial charge in [-0.2, -0.15) is 0 Å². The van der Waals surface area contributed by atoms with Gasteiger partial charge in [-0.25, -0.2) is 0 Å². The van der Waals surface area contributed by atoms with Gasteiger partial charge in [0.05, 0.1) is 0 Å². The Bertz CT molecular complexity index is 693. The second-order valence-corrected chi connectivity index (χ2v) is 9.77. The van der Waals surface area contributed by atoms with E-state index in [0.717, 1.165) is 12.8 Å². The number of carboxylic acid groups (broad SMARTS) is 1. The summed E-state index contributed by atoms with van der Waals surface area (Å²) in [6, 6.07) is 0. The van der Waals surface area contributed by atoms with Gasteiger partial charge in [0.1, 0.15) is 0 Å². The molecule has 19 heteroatoms. The maximum absolute atomic E-state index is 10.3. The summed E-state index contributed by atoms with van der Waals surface area (Å²) in [5.41, 5.74) is 0. The van der Waals surface area contributed by atoms with Crippen LogP contribution in [0.4, 0.5) is 0 Å². The smallest absolute Gasteiger partial charge is 0.759 e. The van der Waals surface area contributed by atoms with Crippen LogP contribution in [0.25, 0.3) is 0 Å². The Morgan fingerprint density at radius 1 is 0.486 bits per heavy atom. The van der Waals surface area contributed by atoms with Crippen LogP contribution in [0.5, 0.6) is 0 Å².